The van der Waals surface area contributed by atoms with Gasteiger partial charge >= 0.3 is 0 Å². The summed E-state index contributed by atoms with van der Waals surface area (Å²) in [5.74, 6) is -2.70. The molecule has 0 radical (unpaired) electrons. The van der Waals surface area contributed by atoms with Crippen molar-refractivity contribution in [2.75, 3.05) is 25.6 Å². The number of carbonyl (C=O) groups is 1. The molecule has 1 heterocycles. The predicted octanol–water partition coefficient (Wildman–Crippen LogP) is 3.09. The molecule has 1 aliphatic heterocycles. The zero-order chi connectivity index (χ0) is 24.4. The van der Waals surface area contributed by atoms with Crippen LogP contribution in [0.3, 0.4) is 0 Å². The van der Waals surface area contributed by atoms with Gasteiger partial charge in [-0.05, 0) is 42.8 Å². The van der Waals surface area contributed by atoms with Crippen molar-refractivity contribution in [1.82, 2.24) is 4.72 Å². The fraction of sp³-hybridized carbons (Fsp3) is 0.316. The summed E-state index contributed by atoms with van der Waals surface area (Å²) in [6, 6.07) is 4.93. The Labute approximate surface area is 175 Å². The maximum atomic E-state index is 13.5. The number of hydrogen-bond donors (Lipinski definition) is 2. The minimum absolute atomic E-state index is 0.170. The zero-order valence-corrected chi connectivity index (χ0v) is 16.1. The van der Waals surface area contributed by atoms with E-state index in [2.05, 4.69) is 10.0 Å². The van der Waals surface area contributed by atoms with E-state index in [1.54, 1.807) is 0 Å². The molecule has 11 heteroatoms. The number of benzene rings is 2. The SMILES string of the molecule is [2H]C([2H])([2H])Oc1ccc(S(=O)(=O)N[C@H]2CCOC2)cc1C(=O)Nc1ccc(F)c(C(F)F)c1. The van der Waals surface area contributed by atoms with E-state index >= 15 is 0 Å². The van der Waals surface area contributed by atoms with Crippen molar-refractivity contribution in [3.05, 3.63) is 53.3 Å². The van der Waals surface area contributed by atoms with Crippen LogP contribution in [0.1, 0.15) is 32.9 Å². The largest absolute Gasteiger partial charge is 0.496 e. The van der Waals surface area contributed by atoms with Gasteiger partial charge in [0.05, 0.1) is 33.8 Å². The molecule has 2 aromatic rings. The van der Waals surface area contributed by atoms with Crippen molar-refractivity contribution in [3.8, 4) is 5.75 Å². The smallest absolute Gasteiger partial charge is 0.266 e. The highest BCUT2D eigenvalue weighted by atomic mass is 32.2. The molecule has 1 fully saturated rings. The quantitative estimate of drug-likeness (QED) is 0.681. The first-order valence-corrected chi connectivity index (χ1v) is 10.2. The predicted molar refractivity (Wildman–Crippen MR) is 102 cm³/mol. The molecule has 2 aromatic carbocycles. The summed E-state index contributed by atoms with van der Waals surface area (Å²) >= 11 is 0. The Morgan fingerprint density at radius 3 is 2.77 bits per heavy atom. The monoisotopic (exact) mass is 447 g/mol. The van der Waals surface area contributed by atoms with Crippen LogP contribution < -0.4 is 14.8 Å². The molecule has 3 rings (SSSR count). The van der Waals surface area contributed by atoms with E-state index in [0.29, 0.717) is 19.1 Å². The van der Waals surface area contributed by atoms with Crippen LogP contribution in [0.25, 0.3) is 0 Å². The Bertz CT molecular complexity index is 1140. The lowest BCUT2D eigenvalue weighted by Crippen LogP contribution is -2.35. The fourth-order valence-corrected chi connectivity index (χ4v) is 4.13. The van der Waals surface area contributed by atoms with Crippen LogP contribution in [0.4, 0.5) is 18.9 Å². The lowest BCUT2D eigenvalue weighted by atomic mass is 10.1. The first-order chi connectivity index (χ1) is 15.4. The Balaban J connectivity index is 1.95. The number of amides is 1. The van der Waals surface area contributed by atoms with Gasteiger partial charge in [-0.1, -0.05) is 0 Å². The second-order valence-electron chi connectivity index (χ2n) is 6.43. The number of methoxy groups -OCH3 is 1. The van der Waals surface area contributed by atoms with Gasteiger partial charge < -0.3 is 14.8 Å². The third kappa shape index (κ3) is 4.91. The van der Waals surface area contributed by atoms with Gasteiger partial charge in [0, 0.05) is 18.3 Å². The van der Waals surface area contributed by atoms with Crippen LogP contribution in [0.15, 0.2) is 41.3 Å². The van der Waals surface area contributed by atoms with Gasteiger partial charge in [0.2, 0.25) is 10.0 Å². The molecule has 1 saturated heterocycles. The summed E-state index contributed by atoms with van der Waals surface area (Å²) in [6.07, 6.45) is -2.69. The number of ether oxygens (including phenoxy) is 2. The summed E-state index contributed by atoms with van der Waals surface area (Å²) in [4.78, 5) is 12.5. The second-order valence-corrected chi connectivity index (χ2v) is 8.15. The van der Waals surface area contributed by atoms with Gasteiger partial charge in [-0.15, -0.1) is 0 Å². The van der Waals surface area contributed by atoms with Gasteiger partial charge in [-0.25, -0.2) is 26.3 Å². The van der Waals surface area contributed by atoms with Crippen LogP contribution in [0, 0.1) is 5.82 Å². The topological polar surface area (TPSA) is 93.7 Å². The molecule has 1 atom stereocenters. The average molecular weight is 447 g/mol. The van der Waals surface area contributed by atoms with Crippen LogP contribution in [-0.4, -0.2) is 40.6 Å². The minimum Gasteiger partial charge on any atom is -0.496 e. The molecular formula is C19H19F3N2O5S. The number of alkyl halides is 2. The van der Waals surface area contributed by atoms with E-state index in [1.807, 2.05) is 0 Å². The minimum atomic E-state index is -4.11. The van der Waals surface area contributed by atoms with Crippen LogP contribution in [0.5, 0.6) is 5.75 Å². The van der Waals surface area contributed by atoms with Crippen molar-refractivity contribution in [3.63, 3.8) is 0 Å². The Morgan fingerprint density at radius 1 is 1.30 bits per heavy atom. The van der Waals surface area contributed by atoms with E-state index in [1.165, 1.54) is 0 Å². The molecule has 30 heavy (non-hydrogen) atoms. The first-order valence-electron chi connectivity index (χ1n) is 10.2. The van der Waals surface area contributed by atoms with Crippen molar-refractivity contribution in [2.45, 2.75) is 23.8 Å². The molecule has 0 unspecified atom stereocenters. The lowest BCUT2D eigenvalue weighted by molar-refractivity contribution is 0.102. The highest BCUT2D eigenvalue weighted by Crippen LogP contribution is 2.27. The van der Waals surface area contributed by atoms with E-state index in [4.69, 9.17) is 13.6 Å². The molecule has 1 aliphatic rings. The summed E-state index contributed by atoms with van der Waals surface area (Å²) < 4.78 is 99.0. The molecule has 0 saturated carbocycles. The molecule has 162 valence electrons. The standard InChI is InChI=1S/C19H19F3N2O5S/c1-28-17-5-3-13(30(26,27)24-12-6-7-29-10-12)9-15(17)19(25)23-11-2-4-16(20)14(8-11)18(21)22/h2-5,8-9,12,18,24H,6-7,10H2,1H3,(H,23,25)/t12-/m0/s1/i1D3. The number of nitrogens with one attached hydrogen (secondary N) is 2. The third-order valence-corrected chi connectivity index (χ3v) is 5.87. The number of hydrogen-bond acceptors (Lipinski definition) is 5. The summed E-state index contributed by atoms with van der Waals surface area (Å²) in [7, 11) is -7.08. The van der Waals surface area contributed by atoms with E-state index < -0.39 is 58.1 Å². The Kier molecular flexibility index (Phi) is 5.46. The summed E-state index contributed by atoms with van der Waals surface area (Å²) in [5, 5.41) is 2.22. The molecule has 1 amide bonds. The molecule has 2 N–H and O–H groups in total. The van der Waals surface area contributed by atoms with Gasteiger partial charge in [-0.3, -0.25) is 4.79 Å². The van der Waals surface area contributed by atoms with Gasteiger partial charge in [0.25, 0.3) is 12.3 Å². The maximum absolute atomic E-state index is 13.5. The highest BCUT2D eigenvalue weighted by molar-refractivity contribution is 7.89. The average Bonchev–Trinajstić information content (AvgIpc) is 3.20. The van der Waals surface area contributed by atoms with E-state index in [9.17, 15) is 26.4 Å². The number of carbonyl (C=O) groups excluding carboxylic acids is 1. The van der Waals surface area contributed by atoms with Gasteiger partial charge in [-0.2, -0.15) is 0 Å². The Morgan fingerprint density at radius 2 is 2.10 bits per heavy atom. The molecule has 0 aromatic heterocycles. The zero-order valence-electron chi connectivity index (χ0n) is 18.3. The third-order valence-electron chi connectivity index (χ3n) is 4.36. The number of anilines is 1. The lowest BCUT2D eigenvalue weighted by Gasteiger charge is -2.14. The highest BCUT2D eigenvalue weighted by Gasteiger charge is 2.25. The van der Waals surface area contributed by atoms with Crippen LogP contribution in [-0.2, 0) is 14.8 Å². The Hall–Kier alpha value is -2.63. The summed E-state index contributed by atoms with van der Waals surface area (Å²) in [5.41, 5.74) is -1.66. The first kappa shape index (κ1) is 18.2. The fourth-order valence-electron chi connectivity index (χ4n) is 2.84. The van der Waals surface area contributed by atoms with E-state index in [-0.39, 0.29) is 17.2 Å². The molecule has 7 nitrogen and oxygen atoms in total. The normalized spacial score (nSPS) is 18.5. The van der Waals surface area contributed by atoms with Crippen molar-refractivity contribution in [2.24, 2.45) is 0 Å². The number of sulfonamides is 1. The molecule has 0 aliphatic carbocycles. The van der Waals surface area contributed by atoms with Gasteiger partial charge in [0.1, 0.15) is 11.6 Å². The number of rotatable bonds is 7. The van der Waals surface area contributed by atoms with E-state index in [0.717, 1.165) is 30.3 Å². The van der Waals surface area contributed by atoms with Crippen molar-refractivity contribution in [1.29, 1.82) is 0 Å². The molecular weight excluding hydrogens is 425 g/mol. The maximum Gasteiger partial charge on any atom is 0.266 e. The van der Waals surface area contributed by atoms with Crippen molar-refractivity contribution < 1.29 is 40.0 Å². The van der Waals surface area contributed by atoms with Crippen molar-refractivity contribution >= 4 is 21.6 Å². The molecule has 0 bridgehead atoms. The van der Waals surface area contributed by atoms with Gasteiger partial charge in [0.15, 0.2) is 0 Å². The second kappa shape index (κ2) is 9.02. The van der Waals surface area contributed by atoms with Crippen LogP contribution in [0.2, 0.25) is 0 Å². The molecule has 0 spiro atoms. The number of halogens is 3. The summed E-state index contributed by atoms with van der Waals surface area (Å²) in [6.45, 7) is 0.550. The van der Waals surface area contributed by atoms with Crippen LogP contribution >= 0.6 is 0 Å².